The van der Waals surface area contributed by atoms with Crippen LogP contribution >= 0.6 is 0 Å². The van der Waals surface area contributed by atoms with E-state index >= 15 is 0 Å². The second-order valence-electron chi connectivity index (χ2n) is 4.12. The Kier molecular flexibility index (Phi) is 5.44. The van der Waals surface area contributed by atoms with Crippen LogP contribution in [0.2, 0.25) is 0 Å². The molecular formula is C15H21N. The zero-order chi connectivity index (χ0) is 12.9. The van der Waals surface area contributed by atoms with Gasteiger partial charge in [0, 0.05) is 12.1 Å². The Hall–Kier alpha value is -1.63. The third kappa shape index (κ3) is 4.26. The minimum atomic E-state index is 0.535. The molecule has 0 radical (unpaired) electrons. The lowest BCUT2D eigenvalue weighted by molar-refractivity contribution is 1.27. The molecule has 1 N–H and O–H groups in total. The molecule has 0 aromatic rings. The third-order valence-electron chi connectivity index (χ3n) is 2.33. The highest BCUT2D eigenvalue weighted by atomic mass is 14.4. The van der Waals surface area contributed by atoms with Crippen LogP contribution in [0.5, 0.6) is 0 Å². The normalized spacial score (nSPS) is 10.8. The fourth-order valence-electron chi connectivity index (χ4n) is 1.16. The second-order valence-corrected chi connectivity index (χ2v) is 4.12. The number of nitrogens with one attached hydrogen (secondary N) is 1. The molecule has 0 bridgehead atoms. The van der Waals surface area contributed by atoms with Crippen molar-refractivity contribution in [2.24, 2.45) is 0 Å². The van der Waals surface area contributed by atoms with E-state index in [2.05, 4.69) is 26.3 Å². The van der Waals surface area contributed by atoms with Crippen molar-refractivity contribution in [3.8, 4) is 0 Å². The molecule has 0 aliphatic carbocycles. The van der Waals surface area contributed by atoms with Gasteiger partial charge in [0.1, 0.15) is 0 Å². The lowest BCUT2D eigenvalue weighted by atomic mass is 9.94. The topological polar surface area (TPSA) is 23.9 Å². The fraction of sp³-hybridized carbons (Fsp3) is 0.267. The zero-order valence-electron chi connectivity index (χ0n) is 10.6. The second kappa shape index (κ2) is 6.06. The molecule has 0 spiro atoms. The lowest BCUT2D eigenvalue weighted by Crippen LogP contribution is -1.97. The zero-order valence-corrected chi connectivity index (χ0v) is 10.6. The van der Waals surface area contributed by atoms with Gasteiger partial charge in [0.05, 0.1) is 0 Å². The Morgan fingerprint density at radius 1 is 0.938 bits per heavy atom. The van der Waals surface area contributed by atoms with Crippen LogP contribution in [0.15, 0.2) is 60.3 Å². The molecular weight excluding hydrogens is 194 g/mol. The number of rotatable bonds is 6. The summed E-state index contributed by atoms with van der Waals surface area (Å²) in [6, 6.07) is 0. The molecule has 16 heavy (non-hydrogen) atoms. The standard InChI is InChI=1S/C15H21N/c1-10(2)13(7)14(11(3)4)8-9-15(16)12(5)6/h8,16H,1,3,5,7,9H2,2,4,6H3. The van der Waals surface area contributed by atoms with Crippen LogP contribution < -0.4 is 0 Å². The van der Waals surface area contributed by atoms with Gasteiger partial charge in [-0.05, 0) is 37.5 Å². The smallest absolute Gasteiger partial charge is 0.0375 e. The quantitative estimate of drug-likeness (QED) is 0.494. The van der Waals surface area contributed by atoms with Crippen molar-refractivity contribution >= 4 is 5.71 Å². The molecule has 86 valence electrons. The van der Waals surface area contributed by atoms with E-state index in [1.807, 2.05) is 26.8 Å². The van der Waals surface area contributed by atoms with Gasteiger partial charge in [-0.1, -0.05) is 43.5 Å². The van der Waals surface area contributed by atoms with E-state index < -0.39 is 0 Å². The summed E-state index contributed by atoms with van der Waals surface area (Å²) < 4.78 is 0. The summed E-state index contributed by atoms with van der Waals surface area (Å²) in [6.45, 7) is 21.2. The van der Waals surface area contributed by atoms with Crippen molar-refractivity contribution in [2.45, 2.75) is 27.2 Å². The van der Waals surface area contributed by atoms with Crippen LogP contribution in [0.25, 0.3) is 0 Å². The van der Waals surface area contributed by atoms with Crippen molar-refractivity contribution in [3.05, 3.63) is 60.3 Å². The molecule has 0 heterocycles. The molecule has 0 rings (SSSR count). The first-order chi connectivity index (χ1) is 7.27. The van der Waals surface area contributed by atoms with Crippen LogP contribution in [0.1, 0.15) is 27.2 Å². The molecule has 1 nitrogen and oxygen atoms in total. The van der Waals surface area contributed by atoms with Gasteiger partial charge in [0.15, 0.2) is 0 Å². The third-order valence-corrected chi connectivity index (χ3v) is 2.33. The molecule has 0 aromatic carbocycles. The first-order valence-corrected chi connectivity index (χ1v) is 5.21. The van der Waals surface area contributed by atoms with Crippen LogP contribution in [-0.2, 0) is 0 Å². The Balaban J connectivity index is 4.95. The minimum absolute atomic E-state index is 0.535. The molecule has 1 heteroatoms. The van der Waals surface area contributed by atoms with Crippen LogP contribution in [0.3, 0.4) is 0 Å². The molecule has 0 saturated heterocycles. The summed E-state index contributed by atoms with van der Waals surface area (Å²) >= 11 is 0. The Morgan fingerprint density at radius 3 is 1.75 bits per heavy atom. The van der Waals surface area contributed by atoms with Crippen LogP contribution in [0.4, 0.5) is 0 Å². The van der Waals surface area contributed by atoms with Gasteiger partial charge < -0.3 is 5.41 Å². The van der Waals surface area contributed by atoms with Gasteiger partial charge in [-0.25, -0.2) is 0 Å². The number of hydrogen-bond donors (Lipinski definition) is 1. The van der Waals surface area contributed by atoms with E-state index in [0.29, 0.717) is 12.1 Å². The summed E-state index contributed by atoms with van der Waals surface area (Å²) in [5.74, 6) is 0. The Bertz CT molecular complexity index is 392. The molecule has 0 aliphatic heterocycles. The summed E-state index contributed by atoms with van der Waals surface area (Å²) in [5.41, 5.74) is 5.07. The molecule has 0 fully saturated rings. The van der Waals surface area contributed by atoms with Gasteiger partial charge >= 0.3 is 0 Å². The predicted octanol–water partition coefficient (Wildman–Crippen LogP) is 4.61. The van der Waals surface area contributed by atoms with Crippen LogP contribution in [-0.4, -0.2) is 5.71 Å². The average Bonchev–Trinajstić information content (AvgIpc) is 2.16. The highest BCUT2D eigenvalue weighted by molar-refractivity contribution is 5.97. The molecule has 0 unspecified atom stereocenters. The van der Waals surface area contributed by atoms with Gasteiger partial charge in [-0.2, -0.15) is 0 Å². The molecule has 0 aliphatic rings. The molecule has 0 atom stereocenters. The first-order valence-electron chi connectivity index (χ1n) is 5.21. The predicted molar refractivity (Wildman–Crippen MR) is 74.0 cm³/mol. The summed E-state index contributed by atoms with van der Waals surface area (Å²) in [4.78, 5) is 0. The fourth-order valence-corrected chi connectivity index (χ4v) is 1.16. The van der Waals surface area contributed by atoms with E-state index in [0.717, 1.165) is 27.9 Å². The van der Waals surface area contributed by atoms with E-state index in [9.17, 15) is 0 Å². The van der Waals surface area contributed by atoms with Crippen LogP contribution in [0, 0.1) is 5.41 Å². The lowest BCUT2D eigenvalue weighted by Gasteiger charge is -2.11. The van der Waals surface area contributed by atoms with E-state index in [1.165, 1.54) is 0 Å². The van der Waals surface area contributed by atoms with E-state index in [1.54, 1.807) is 0 Å². The van der Waals surface area contributed by atoms with Crippen molar-refractivity contribution in [1.82, 2.24) is 0 Å². The summed E-state index contributed by atoms with van der Waals surface area (Å²) in [5, 5.41) is 7.70. The first kappa shape index (κ1) is 14.4. The van der Waals surface area contributed by atoms with Gasteiger partial charge in [-0.3, -0.25) is 0 Å². The number of hydrogen-bond acceptors (Lipinski definition) is 1. The maximum absolute atomic E-state index is 7.70. The van der Waals surface area contributed by atoms with Gasteiger partial charge in [-0.15, -0.1) is 0 Å². The molecule has 0 saturated carbocycles. The Morgan fingerprint density at radius 2 is 1.44 bits per heavy atom. The van der Waals surface area contributed by atoms with E-state index in [-0.39, 0.29) is 0 Å². The van der Waals surface area contributed by atoms with Crippen molar-refractivity contribution < 1.29 is 0 Å². The molecule has 0 amide bonds. The largest absolute Gasteiger partial charge is 0.305 e. The van der Waals surface area contributed by atoms with Crippen molar-refractivity contribution in [1.29, 1.82) is 5.41 Å². The van der Waals surface area contributed by atoms with E-state index in [4.69, 9.17) is 5.41 Å². The van der Waals surface area contributed by atoms with Gasteiger partial charge in [0.25, 0.3) is 0 Å². The highest BCUT2D eigenvalue weighted by Gasteiger charge is 2.05. The number of allylic oxidation sites excluding steroid dienone is 6. The Labute approximate surface area is 99.1 Å². The summed E-state index contributed by atoms with van der Waals surface area (Å²) in [7, 11) is 0. The maximum atomic E-state index is 7.70. The average molecular weight is 215 g/mol. The minimum Gasteiger partial charge on any atom is -0.305 e. The maximum Gasteiger partial charge on any atom is 0.0375 e. The monoisotopic (exact) mass is 215 g/mol. The van der Waals surface area contributed by atoms with Gasteiger partial charge in [0.2, 0.25) is 0 Å². The SMILES string of the molecule is C=C(C)C(=C)C(=CCC(=N)C(=C)C)C(=C)C. The highest BCUT2D eigenvalue weighted by Crippen LogP contribution is 2.22. The molecule has 0 aromatic heterocycles. The van der Waals surface area contributed by atoms with Crippen molar-refractivity contribution in [3.63, 3.8) is 0 Å². The van der Waals surface area contributed by atoms with Crippen molar-refractivity contribution in [2.75, 3.05) is 0 Å². The summed E-state index contributed by atoms with van der Waals surface area (Å²) in [6.07, 6.45) is 2.53.